The lowest BCUT2D eigenvalue weighted by Crippen LogP contribution is -2.36. The molecule has 0 fully saturated rings. The Kier molecular flexibility index (Phi) is 8.47. The van der Waals surface area contributed by atoms with Crippen LogP contribution < -0.4 is 15.5 Å². The molecule has 0 radical (unpaired) electrons. The monoisotopic (exact) mass is 459 g/mol. The van der Waals surface area contributed by atoms with E-state index in [0.29, 0.717) is 6.54 Å². The van der Waals surface area contributed by atoms with Crippen LogP contribution in [0.5, 0.6) is 0 Å². The van der Waals surface area contributed by atoms with Gasteiger partial charge in [0.25, 0.3) is 0 Å². The number of aliphatic imine (C=N–C) groups is 1. The molecule has 0 aliphatic carbocycles. The topological polar surface area (TPSA) is 52.6 Å². The van der Waals surface area contributed by atoms with E-state index >= 15 is 0 Å². The standard InChI is InChI=1S/C17H25N5S.HI/c1-12-8-15(22(4)5)7-6-14(12)10-20-17(18-3)21-11-16-19-9-13(2)23-16;/h6-9H,10-11H2,1-5H3,(H2,18,20,21);1H. The molecule has 1 aromatic heterocycles. The molecular formula is C17H26IN5S. The van der Waals surface area contributed by atoms with E-state index in [-0.39, 0.29) is 24.0 Å². The second-order valence-electron chi connectivity index (χ2n) is 5.65. The van der Waals surface area contributed by atoms with Gasteiger partial charge in [-0.1, -0.05) is 6.07 Å². The van der Waals surface area contributed by atoms with Crippen LogP contribution in [0.2, 0.25) is 0 Å². The maximum Gasteiger partial charge on any atom is 0.191 e. The second-order valence-corrected chi connectivity index (χ2v) is 6.97. The fraction of sp³-hybridized carbons (Fsp3) is 0.412. The zero-order valence-electron chi connectivity index (χ0n) is 14.9. The number of aromatic nitrogens is 1. The van der Waals surface area contributed by atoms with E-state index in [1.165, 1.54) is 21.7 Å². The molecule has 1 aromatic carbocycles. The summed E-state index contributed by atoms with van der Waals surface area (Å²) < 4.78 is 0. The lowest BCUT2D eigenvalue weighted by molar-refractivity contribution is 0.802. The molecule has 0 spiro atoms. The molecule has 2 aromatic rings. The Bertz CT molecular complexity index is 681. The first-order valence-corrected chi connectivity index (χ1v) is 8.44. The quantitative estimate of drug-likeness (QED) is 0.409. The largest absolute Gasteiger partial charge is 0.378 e. The zero-order valence-corrected chi connectivity index (χ0v) is 18.0. The molecule has 132 valence electrons. The van der Waals surface area contributed by atoms with E-state index in [9.17, 15) is 0 Å². The van der Waals surface area contributed by atoms with Crippen LogP contribution in [0.3, 0.4) is 0 Å². The molecule has 0 atom stereocenters. The molecule has 0 saturated carbocycles. The second kappa shape index (κ2) is 9.83. The molecule has 0 amide bonds. The summed E-state index contributed by atoms with van der Waals surface area (Å²) in [6, 6.07) is 6.50. The average molecular weight is 459 g/mol. The first-order valence-electron chi connectivity index (χ1n) is 7.62. The van der Waals surface area contributed by atoms with Gasteiger partial charge in [-0.25, -0.2) is 4.98 Å². The molecule has 0 bridgehead atoms. The predicted molar refractivity (Wildman–Crippen MR) is 115 cm³/mol. The Morgan fingerprint density at radius 3 is 2.46 bits per heavy atom. The molecule has 5 nitrogen and oxygen atoms in total. The molecule has 7 heteroatoms. The highest BCUT2D eigenvalue weighted by molar-refractivity contribution is 14.0. The van der Waals surface area contributed by atoms with E-state index in [0.717, 1.165) is 17.5 Å². The summed E-state index contributed by atoms with van der Waals surface area (Å²) in [6.45, 7) is 5.64. The van der Waals surface area contributed by atoms with Crippen molar-refractivity contribution in [3.63, 3.8) is 0 Å². The summed E-state index contributed by atoms with van der Waals surface area (Å²) in [5, 5.41) is 7.72. The van der Waals surface area contributed by atoms with Crippen molar-refractivity contribution >= 4 is 47.0 Å². The van der Waals surface area contributed by atoms with Gasteiger partial charge in [0.15, 0.2) is 5.96 Å². The Morgan fingerprint density at radius 1 is 1.21 bits per heavy atom. The van der Waals surface area contributed by atoms with Crippen LogP contribution in [0.25, 0.3) is 0 Å². The van der Waals surface area contributed by atoms with Gasteiger partial charge in [-0.3, -0.25) is 4.99 Å². The molecule has 2 rings (SSSR count). The lowest BCUT2D eigenvalue weighted by atomic mass is 10.1. The Labute approximate surface area is 165 Å². The van der Waals surface area contributed by atoms with E-state index in [2.05, 4.69) is 71.7 Å². The third-order valence-electron chi connectivity index (χ3n) is 3.59. The van der Waals surface area contributed by atoms with E-state index in [4.69, 9.17) is 0 Å². The SMILES string of the molecule is CN=C(NCc1ncc(C)s1)NCc1ccc(N(C)C)cc1C.I. The van der Waals surface area contributed by atoms with Crippen molar-refractivity contribution in [1.29, 1.82) is 0 Å². The molecule has 0 aliphatic rings. The van der Waals surface area contributed by atoms with Crippen molar-refractivity contribution in [2.75, 3.05) is 26.0 Å². The van der Waals surface area contributed by atoms with Crippen LogP contribution in [0.1, 0.15) is 21.0 Å². The number of thiazole rings is 1. The van der Waals surface area contributed by atoms with Gasteiger partial charge in [0.2, 0.25) is 0 Å². The lowest BCUT2D eigenvalue weighted by Gasteiger charge is -2.16. The summed E-state index contributed by atoms with van der Waals surface area (Å²) in [5.74, 6) is 0.786. The normalized spacial score (nSPS) is 11.0. The van der Waals surface area contributed by atoms with Crippen LogP contribution in [0, 0.1) is 13.8 Å². The predicted octanol–water partition coefficient (Wildman–Crippen LogP) is 3.31. The minimum atomic E-state index is 0. The van der Waals surface area contributed by atoms with Crippen molar-refractivity contribution in [2.24, 2.45) is 4.99 Å². The molecule has 0 unspecified atom stereocenters. The van der Waals surface area contributed by atoms with Crippen LogP contribution in [0.15, 0.2) is 29.4 Å². The number of benzene rings is 1. The maximum atomic E-state index is 4.35. The number of anilines is 1. The van der Waals surface area contributed by atoms with Crippen LogP contribution in [-0.4, -0.2) is 32.1 Å². The Hall–Kier alpha value is -1.35. The molecule has 24 heavy (non-hydrogen) atoms. The first kappa shape index (κ1) is 20.7. The zero-order chi connectivity index (χ0) is 16.8. The number of hydrogen-bond donors (Lipinski definition) is 2. The van der Waals surface area contributed by atoms with Gasteiger partial charge in [0.1, 0.15) is 5.01 Å². The number of halogens is 1. The smallest absolute Gasteiger partial charge is 0.191 e. The third-order valence-corrected chi connectivity index (χ3v) is 4.50. The molecule has 0 aliphatic heterocycles. The number of nitrogens with zero attached hydrogens (tertiary/aromatic N) is 3. The van der Waals surface area contributed by atoms with Crippen molar-refractivity contribution in [3.8, 4) is 0 Å². The van der Waals surface area contributed by atoms with Crippen molar-refractivity contribution in [2.45, 2.75) is 26.9 Å². The molecular weight excluding hydrogens is 433 g/mol. The summed E-state index contributed by atoms with van der Waals surface area (Å²) in [6.07, 6.45) is 1.90. The Morgan fingerprint density at radius 2 is 1.92 bits per heavy atom. The number of aryl methyl sites for hydroxylation is 2. The summed E-state index contributed by atoms with van der Waals surface area (Å²) >= 11 is 1.70. The fourth-order valence-corrected chi connectivity index (χ4v) is 2.93. The minimum absolute atomic E-state index is 0. The minimum Gasteiger partial charge on any atom is -0.378 e. The number of guanidine groups is 1. The number of nitrogens with one attached hydrogen (secondary N) is 2. The number of rotatable bonds is 5. The van der Waals surface area contributed by atoms with Gasteiger partial charge < -0.3 is 15.5 Å². The summed E-state index contributed by atoms with van der Waals surface area (Å²) in [5.41, 5.74) is 3.76. The van der Waals surface area contributed by atoms with E-state index < -0.39 is 0 Å². The van der Waals surface area contributed by atoms with Crippen LogP contribution in [0.4, 0.5) is 5.69 Å². The van der Waals surface area contributed by atoms with Crippen molar-refractivity contribution < 1.29 is 0 Å². The highest BCUT2D eigenvalue weighted by Crippen LogP contribution is 2.17. The van der Waals surface area contributed by atoms with Gasteiger partial charge in [-0.15, -0.1) is 35.3 Å². The molecule has 1 heterocycles. The maximum absolute atomic E-state index is 4.35. The Balaban J connectivity index is 0.00000288. The highest BCUT2D eigenvalue weighted by atomic mass is 127. The highest BCUT2D eigenvalue weighted by Gasteiger charge is 2.04. The van der Waals surface area contributed by atoms with E-state index in [1.807, 2.05) is 6.20 Å². The van der Waals surface area contributed by atoms with Crippen molar-refractivity contribution in [3.05, 3.63) is 45.4 Å². The van der Waals surface area contributed by atoms with Gasteiger partial charge in [-0.05, 0) is 37.1 Å². The first-order chi connectivity index (χ1) is 11.0. The van der Waals surface area contributed by atoms with Gasteiger partial charge >= 0.3 is 0 Å². The summed E-state index contributed by atoms with van der Waals surface area (Å²) in [7, 11) is 5.89. The van der Waals surface area contributed by atoms with Gasteiger partial charge in [0, 0.05) is 44.4 Å². The number of hydrogen-bond acceptors (Lipinski definition) is 4. The fourth-order valence-electron chi connectivity index (χ4n) is 2.20. The molecule has 2 N–H and O–H groups in total. The van der Waals surface area contributed by atoms with Crippen LogP contribution in [-0.2, 0) is 13.1 Å². The van der Waals surface area contributed by atoms with Gasteiger partial charge in [0.05, 0.1) is 6.54 Å². The average Bonchev–Trinajstić information content (AvgIpc) is 2.94. The van der Waals surface area contributed by atoms with Crippen LogP contribution >= 0.6 is 35.3 Å². The third kappa shape index (κ3) is 5.94. The van der Waals surface area contributed by atoms with E-state index in [1.54, 1.807) is 18.4 Å². The van der Waals surface area contributed by atoms with Crippen molar-refractivity contribution in [1.82, 2.24) is 15.6 Å². The van der Waals surface area contributed by atoms with Gasteiger partial charge in [-0.2, -0.15) is 0 Å². The summed E-state index contributed by atoms with van der Waals surface area (Å²) in [4.78, 5) is 11.9. The molecule has 0 saturated heterocycles.